The zero-order valence-electron chi connectivity index (χ0n) is 13.8. The smallest absolute Gasteiger partial charge is 0.284 e. The second-order valence-corrected chi connectivity index (χ2v) is 7.83. The largest absolute Gasteiger partial charge is 0.438 e. The van der Waals surface area contributed by atoms with Gasteiger partial charge in [-0.15, -0.1) is 0 Å². The molecule has 0 radical (unpaired) electrons. The van der Waals surface area contributed by atoms with Crippen LogP contribution < -0.4 is 5.73 Å². The topological polar surface area (TPSA) is 96.8 Å². The predicted molar refractivity (Wildman–Crippen MR) is 92.6 cm³/mol. The number of hydrogen-bond donors (Lipinski definition) is 1. The van der Waals surface area contributed by atoms with E-state index in [2.05, 4.69) is 17.0 Å². The molecule has 7 nitrogen and oxygen atoms in total. The van der Waals surface area contributed by atoms with E-state index >= 15 is 0 Å². The van der Waals surface area contributed by atoms with Crippen LogP contribution in [-0.2, 0) is 16.4 Å². The molecule has 0 spiro atoms. The van der Waals surface area contributed by atoms with Crippen LogP contribution in [0.2, 0.25) is 0 Å². The van der Waals surface area contributed by atoms with Gasteiger partial charge < -0.3 is 15.1 Å². The standard InChI is InChI=1S/C17H21N3O4S/c18-17(21)15-6-7-16(24-15)25(22,23)20-12-10-19(11-13-20)9-8-14-4-2-1-3-5-14/h1-7H,8-13H2,(H2,18,21). The zero-order valence-corrected chi connectivity index (χ0v) is 14.6. The highest BCUT2D eigenvalue weighted by molar-refractivity contribution is 7.89. The van der Waals surface area contributed by atoms with E-state index in [1.165, 1.54) is 22.0 Å². The summed E-state index contributed by atoms with van der Waals surface area (Å²) in [6.07, 6.45) is 0.938. The molecule has 1 aromatic heterocycles. The highest BCUT2D eigenvalue weighted by atomic mass is 32.2. The van der Waals surface area contributed by atoms with Gasteiger partial charge in [0.1, 0.15) is 0 Å². The molecular formula is C17H21N3O4S. The summed E-state index contributed by atoms with van der Waals surface area (Å²) in [4.78, 5) is 13.3. The Kier molecular flexibility index (Phi) is 5.22. The summed E-state index contributed by atoms with van der Waals surface area (Å²) in [7, 11) is -3.73. The molecule has 134 valence electrons. The molecule has 2 N–H and O–H groups in total. The molecule has 0 saturated carbocycles. The van der Waals surface area contributed by atoms with E-state index in [0.717, 1.165) is 13.0 Å². The Morgan fingerprint density at radius 2 is 1.72 bits per heavy atom. The fraction of sp³-hybridized carbons (Fsp3) is 0.353. The Bertz CT molecular complexity index is 825. The minimum Gasteiger partial charge on any atom is -0.438 e. The van der Waals surface area contributed by atoms with E-state index in [-0.39, 0.29) is 10.9 Å². The van der Waals surface area contributed by atoms with Crippen molar-refractivity contribution in [3.8, 4) is 0 Å². The third kappa shape index (κ3) is 4.09. The quantitative estimate of drug-likeness (QED) is 0.823. The van der Waals surface area contributed by atoms with Crippen molar-refractivity contribution in [3.63, 3.8) is 0 Å². The van der Waals surface area contributed by atoms with Crippen LogP contribution in [0.25, 0.3) is 0 Å². The van der Waals surface area contributed by atoms with Gasteiger partial charge in [0.25, 0.3) is 15.9 Å². The van der Waals surface area contributed by atoms with Crippen LogP contribution in [-0.4, -0.2) is 56.3 Å². The molecule has 1 saturated heterocycles. The van der Waals surface area contributed by atoms with Crippen molar-refractivity contribution in [2.24, 2.45) is 5.73 Å². The van der Waals surface area contributed by atoms with Crippen LogP contribution in [0.3, 0.4) is 0 Å². The first-order valence-corrected chi connectivity index (χ1v) is 9.57. The summed E-state index contributed by atoms with van der Waals surface area (Å²) >= 11 is 0. The molecule has 1 fully saturated rings. The molecule has 3 rings (SSSR count). The fourth-order valence-electron chi connectivity index (χ4n) is 2.84. The zero-order chi connectivity index (χ0) is 17.9. The molecule has 2 aromatic rings. The lowest BCUT2D eigenvalue weighted by Crippen LogP contribution is -2.48. The first-order valence-electron chi connectivity index (χ1n) is 8.13. The molecular weight excluding hydrogens is 342 g/mol. The average molecular weight is 363 g/mol. The average Bonchev–Trinajstić information content (AvgIpc) is 3.12. The molecule has 0 atom stereocenters. The SMILES string of the molecule is NC(=O)c1ccc(S(=O)(=O)N2CCN(CCc3ccccc3)CC2)o1. The van der Waals surface area contributed by atoms with E-state index in [9.17, 15) is 13.2 Å². The van der Waals surface area contributed by atoms with Gasteiger partial charge in [0, 0.05) is 32.7 Å². The third-order valence-electron chi connectivity index (χ3n) is 4.31. The second-order valence-electron chi connectivity index (χ2n) is 5.96. The van der Waals surface area contributed by atoms with Crippen LogP contribution in [0, 0.1) is 0 Å². The van der Waals surface area contributed by atoms with Gasteiger partial charge in [-0.05, 0) is 24.1 Å². The van der Waals surface area contributed by atoms with Crippen molar-refractivity contribution in [2.45, 2.75) is 11.5 Å². The molecule has 1 aliphatic rings. The van der Waals surface area contributed by atoms with Crippen LogP contribution in [0.1, 0.15) is 16.1 Å². The number of carbonyl (C=O) groups is 1. The molecule has 1 amide bonds. The summed E-state index contributed by atoms with van der Waals surface area (Å²) in [5.74, 6) is -0.938. The Balaban J connectivity index is 1.56. The summed E-state index contributed by atoms with van der Waals surface area (Å²) in [6, 6.07) is 12.8. The number of carbonyl (C=O) groups excluding carboxylic acids is 1. The predicted octanol–water partition coefficient (Wildman–Crippen LogP) is 0.927. The van der Waals surface area contributed by atoms with Crippen molar-refractivity contribution in [3.05, 3.63) is 53.8 Å². The molecule has 8 heteroatoms. The molecule has 2 heterocycles. The maximum Gasteiger partial charge on any atom is 0.284 e. The number of benzene rings is 1. The number of furan rings is 1. The van der Waals surface area contributed by atoms with Gasteiger partial charge in [0.15, 0.2) is 5.76 Å². The van der Waals surface area contributed by atoms with Crippen molar-refractivity contribution < 1.29 is 17.6 Å². The summed E-state index contributed by atoms with van der Waals surface area (Å²) in [6.45, 7) is 3.00. The molecule has 1 aliphatic heterocycles. The fourth-order valence-corrected chi connectivity index (χ4v) is 4.18. The highest BCUT2D eigenvalue weighted by Gasteiger charge is 2.31. The monoisotopic (exact) mass is 363 g/mol. The minimum atomic E-state index is -3.73. The lowest BCUT2D eigenvalue weighted by Gasteiger charge is -2.33. The summed E-state index contributed by atoms with van der Waals surface area (Å²) in [5.41, 5.74) is 6.37. The number of rotatable bonds is 6. The van der Waals surface area contributed by atoms with Crippen molar-refractivity contribution >= 4 is 15.9 Å². The number of hydrogen-bond acceptors (Lipinski definition) is 5. The van der Waals surface area contributed by atoms with E-state index in [0.29, 0.717) is 26.2 Å². The van der Waals surface area contributed by atoms with Crippen LogP contribution in [0.15, 0.2) is 52.0 Å². The third-order valence-corrected chi connectivity index (χ3v) is 6.08. The number of sulfonamides is 1. The van der Waals surface area contributed by atoms with Crippen LogP contribution in [0.5, 0.6) is 0 Å². The van der Waals surface area contributed by atoms with E-state index in [1.807, 2.05) is 18.2 Å². The van der Waals surface area contributed by atoms with Crippen LogP contribution in [0.4, 0.5) is 0 Å². The Labute approximate surface area is 147 Å². The molecule has 0 aliphatic carbocycles. The first-order chi connectivity index (χ1) is 12.0. The Hall–Kier alpha value is -2.16. The normalized spacial score (nSPS) is 16.8. The van der Waals surface area contributed by atoms with Crippen molar-refractivity contribution in [1.29, 1.82) is 0 Å². The van der Waals surface area contributed by atoms with Gasteiger partial charge in [-0.25, -0.2) is 8.42 Å². The van der Waals surface area contributed by atoms with Gasteiger partial charge in [0.2, 0.25) is 5.09 Å². The van der Waals surface area contributed by atoms with Gasteiger partial charge >= 0.3 is 0 Å². The van der Waals surface area contributed by atoms with Crippen molar-refractivity contribution in [1.82, 2.24) is 9.21 Å². The van der Waals surface area contributed by atoms with Gasteiger partial charge in [-0.2, -0.15) is 4.31 Å². The molecule has 0 bridgehead atoms. The highest BCUT2D eigenvalue weighted by Crippen LogP contribution is 2.20. The van der Waals surface area contributed by atoms with Gasteiger partial charge in [-0.1, -0.05) is 30.3 Å². The Morgan fingerprint density at radius 1 is 1.04 bits per heavy atom. The van der Waals surface area contributed by atoms with E-state index in [4.69, 9.17) is 10.2 Å². The lowest BCUT2D eigenvalue weighted by atomic mass is 10.1. The number of nitrogens with two attached hydrogens (primary N) is 1. The minimum absolute atomic E-state index is 0.153. The maximum absolute atomic E-state index is 12.6. The van der Waals surface area contributed by atoms with Gasteiger partial charge in [0.05, 0.1) is 0 Å². The number of piperazine rings is 1. The first kappa shape index (κ1) is 17.7. The lowest BCUT2D eigenvalue weighted by molar-refractivity contribution is 0.0968. The number of nitrogens with zero attached hydrogens (tertiary/aromatic N) is 2. The number of amides is 1. The second kappa shape index (κ2) is 7.38. The van der Waals surface area contributed by atoms with E-state index < -0.39 is 15.9 Å². The summed E-state index contributed by atoms with van der Waals surface area (Å²) < 4.78 is 31.6. The maximum atomic E-state index is 12.6. The number of primary amides is 1. The molecule has 1 aromatic carbocycles. The van der Waals surface area contributed by atoms with Gasteiger partial charge in [-0.3, -0.25) is 4.79 Å². The molecule has 25 heavy (non-hydrogen) atoms. The summed E-state index contributed by atoms with van der Waals surface area (Å²) in [5, 5.41) is -0.237. The van der Waals surface area contributed by atoms with E-state index in [1.54, 1.807) is 0 Å². The van der Waals surface area contributed by atoms with Crippen LogP contribution >= 0.6 is 0 Å². The van der Waals surface area contributed by atoms with Crippen molar-refractivity contribution in [2.75, 3.05) is 32.7 Å². The Morgan fingerprint density at radius 3 is 2.32 bits per heavy atom. The molecule has 0 unspecified atom stereocenters.